The molecular formula is C23H28N2O3. The topological polar surface area (TPSA) is 62.7 Å². The number of aromatic nitrogens is 1. The molecule has 1 saturated heterocycles. The van der Waals surface area contributed by atoms with Crippen molar-refractivity contribution in [2.24, 2.45) is 0 Å². The summed E-state index contributed by atoms with van der Waals surface area (Å²) in [4.78, 5) is 18.2. The number of anilines is 1. The molecule has 5 nitrogen and oxygen atoms in total. The number of pyridine rings is 1. The summed E-state index contributed by atoms with van der Waals surface area (Å²) in [5, 5.41) is 9.05. The van der Waals surface area contributed by atoms with Gasteiger partial charge in [-0.1, -0.05) is 12.1 Å². The minimum absolute atomic E-state index is 0.142. The van der Waals surface area contributed by atoms with Gasteiger partial charge in [0.1, 0.15) is 11.6 Å². The van der Waals surface area contributed by atoms with Crippen molar-refractivity contribution < 1.29 is 14.6 Å². The van der Waals surface area contributed by atoms with Crippen molar-refractivity contribution in [2.75, 3.05) is 24.6 Å². The number of nitrogens with zero attached hydrogens (tertiary/aromatic N) is 2. The molecule has 0 radical (unpaired) electrons. The Hall–Kier alpha value is -2.56. The second kappa shape index (κ2) is 8.63. The largest absolute Gasteiger partial charge is 0.493 e. The molecule has 1 aromatic heterocycles. The molecule has 0 spiro atoms. The SMILES string of the molecule is O=C(O)C[C@@H]1CCc2cc(OCCc3cccc(N4CCCCC4)n3)ccc21. The van der Waals surface area contributed by atoms with Gasteiger partial charge in [-0.3, -0.25) is 4.79 Å². The smallest absolute Gasteiger partial charge is 0.303 e. The van der Waals surface area contributed by atoms with Crippen LogP contribution in [0.5, 0.6) is 5.75 Å². The summed E-state index contributed by atoms with van der Waals surface area (Å²) >= 11 is 0. The van der Waals surface area contributed by atoms with Gasteiger partial charge in [-0.05, 0) is 73.4 Å². The van der Waals surface area contributed by atoms with Crippen LogP contribution < -0.4 is 9.64 Å². The van der Waals surface area contributed by atoms with Crippen LogP contribution in [-0.4, -0.2) is 35.8 Å². The van der Waals surface area contributed by atoms with Crippen molar-refractivity contribution in [2.45, 2.75) is 50.9 Å². The van der Waals surface area contributed by atoms with Crippen molar-refractivity contribution in [1.29, 1.82) is 0 Å². The molecule has 2 aromatic rings. The Balaban J connectivity index is 1.33. The number of rotatable bonds is 7. The Kier molecular flexibility index (Phi) is 5.79. The average Bonchev–Trinajstić information content (AvgIpc) is 3.10. The molecule has 28 heavy (non-hydrogen) atoms. The molecule has 2 heterocycles. The number of carboxylic acid groups (broad SMARTS) is 1. The number of aliphatic carboxylic acids is 1. The highest BCUT2D eigenvalue weighted by Crippen LogP contribution is 2.37. The second-order valence-electron chi connectivity index (χ2n) is 7.83. The van der Waals surface area contributed by atoms with Crippen LogP contribution in [0.3, 0.4) is 0 Å². The second-order valence-corrected chi connectivity index (χ2v) is 7.83. The van der Waals surface area contributed by atoms with E-state index in [2.05, 4.69) is 29.2 Å². The molecule has 0 saturated carbocycles. The Morgan fingerprint density at radius 2 is 2.04 bits per heavy atom. The summed E-state index contributed by atoms with van der Waals surface area (Å²) in [6.07, 6.45) is 6.66. The number of piperidine rings is 1. The number of hydrogen-bond donors (Lipinski definition) is 1. The minimum atomic E-state index is -0.725. The molecule has 1 fully saturated rings. The van der Waals surface area contributed by atoms with Crippen LogP contribution in [0.4, 0.5) is 5.82 Å². The first kappa shape index (κ1) is 18.8. The summed E-state index contributed by atoms with van der Waals surface area (Å²) in [5.41, 5.74) is 3.46. The van der Waals surface area contributed by atoms with Gasteiger partial charge in [0, 0.05) is 25.2 Å². The zero-order valence-corrected chi connectivity index (χ0v) is 16.3. The lowest BCUT2D eigenvalue weighted by molar-refractivity contribution is -0.137. The number of benzene rings is 1. The van der Waals surface area contributed by atoms with Crippen LogP contribution in [-0.2, 0) is 17.6 Å². The van der Waals surface area contributed by atoms with Gasteiger partial charge in [0.2, 0.25) is 0 Å². The predicted octanol–water partition coefficient (Wildman–Crippen LogP) is 4.20. The zero-order valence-electron chi connectivity index (χ0n) is 16.3. The van der Waals surface area contributed by atoms with Crippen molar-refractivity contribution >= 4 is 11.8 Å². The molecule has 5 heteroatoms. The summed E-state index contributed by atoms with van der Waals surface area (Å²) in [5.74, 6) is 1.36. The number of carbonyl (C=O) groups is 1. The summed E-state index contributed by atoms with van der Waals surface area (Å²) < 4.78 is 5.97. The van der Waals surface area contributed by atoms with Crippen molar-refractivity contribution in [3.63, 3.8) is 0 Å². The number of aryl methyl sites for hydroxylation is 1. The van der Waals surface area contributed by atoms with E-state index in [9.17, 15) is 4.79 Å². The van der Waals surface area contributed by atoms with E-state index >= 15 is 0 Å². The lowest BCUT2D eigenvalue weighted by atomic mass is 9.98. The molecule has 1 atom stereocenters. The van der Waals surface area contributed by atoms with Crippen LogP contribution in [0.25, 0.3) is 0 Å². The van der Waals surface area contributed by atoms with Gasteiger partial charge in [-0.25, -0.2) is 4.98 Å². The number of fused-ring (bicyclic) bond motifs is 1. The monoisotopic (exact) mass is 380 g/mol. The van der Waals surface area contributed by atoms with Gasteiger partial charge in [0.15, 0.2) is 0 Å². The number of ether oxygens (including phenoxy) is 1. The van der Waals surface area contributed by atoms with Crippen molar-refractivity contribution in [1.82, 2.24) is 4.98 Å². The molecule has 0 unspecified atom stereocenters. The quantitative estimate of drug-likeness (QED) is 0.780. The van der Waals surface area contributed by atoms with Gasteiger partial charge in [0.25, 0.3) is 0 Å². The normalized spacial score (nSPS) is 18.7. The first-order valence-corrected chi connectivity index (χ1v) is 10.4. The van der Waals surface area contributed by atoms with E-state index < -0.39 is 5.97 Å². The zero-order chi connectivity index (χ0) is 19.3. The maximum Gasteiger partial charge on any atom is 0.303 e. The molecule has 148 valence electrons. The van der Waals surface area contributed by atoms with E-state index in [4.69, 9.17) is 14.8 Å². The number of carboxylic acids is 1. The predicted molar refractivity (Wildman–Crippen MR) is 109 cm³/mol. The summed E-state index contributed by atoms with van der Waals surface area (Å²) in [6.45, 7) is 2.80. The molecule has 0 amide bonds. The molecule has 0 bridgehead atoms. The Morgan fingerprint density at radius 3 is 2.86 bits per heavy atom. The van der Waals surface area contributed by atoms with Crippen LogP contribution in [0, 0.1) is 0 Å². The van der Waals surface area contributed by atoms with E-state index in [1.54, 1.807) is 0 Å². The van der Waals surface area contributed by atoms with E-state index in [1.165, 1.54) is 30.4 Å². The number of hydrogen-bond acceptors (Lipinski definition) is 4. The Bertz CT molecular complexity index is 830. The van der Waals surface area contributed by atoms with Crippen molar-refractivity contribution in [3.8, 4) is 5.75 Å². The fraction of sp³-hybridized carbons (Fsp3) is 0.478. The summed E-state index contributed by atoms with van der Waals surface area (Å²) in [6, 6.07) is 12.3. The first-order chi connectivity index (χ1) is 13.7. The molecule has 1 aromatic carbocycles. The first-order valence-electron chi connectivity index (χ1n) is 10.4. The molecular weight excluding hydrogens is 352 g/mol. The lowest BCUT2D eigenvalue weighted by Gasteiger charge is -2.27. The van der Waals surface area contributed by atoms with Crippen LogP contribution in [0.1, 0.15) is 54.8 Å². The highest BCUT2D eigenvalue weighted by Gasteiger charge is 2.24. The van der Waals surface area contributed by atoms with Crippen molar-refractivity contribution in [3.05, 3.63) is 53.2 Å². The minimum Gasteiger partial charge on any atom is -0.493 e. The van der Waals surface area contributed by atoms with Crippen LogP contribution in [0.2, 0.25) is 0 Å². The molecule has 4 rings (SSSR count). The summed E-state index contributed by atoms with van der Waals surface area (Å²) in [7, 11) is 0. The Morgan fingerprint density at radius 1 is 1.18 bits per heavy atom. The van der Waals surface area contributed by atoms with E-state index in [0.717, 1.165) is 49.6 Å². The standard InChI is InChI=1S/C23H28N2O3/c26-23(27)16-18-8-7-17-15-20(9-10-21(17)18)28-14-11-19-5-4-6-22(24-19)25-12-2-1-3-13-25/h4-6,9-10,15,18H,1-3,7-8,11-14,16H2,(H,26,27)/t18-/m0/s1. The van der Waals surface area contributed by atoms with E-state index in [1.807, 2.05) is 12.1 Å². The van der Waals surface area contributed by atoms with E-state index in [-0.39, 0.29) is 12.3 Å². The van der Waals surface area contributed by atoms with Gasteiger partial charge in [-0.2, -0.15) is 0 Å². The molecule has 1 aliphatic carbocycles. The highest BCUT2D eigenvalue weighted by molar-refractivity contribution is 5.68. The maximum atomic E-state index is 11.0. The van der Waals surface area contributed by atoms with Gasteiger partial charge in [-0.15, -0.1) is 0 Å². The Labute approximate surface area is 166 Å². The molecule has 1 aliphatic heterocycles. The fourth-order valence-electron chi connectivity index (χ4n) is 4.37. The van der Waals surface area contributed by atoms with Gasteiger partial charge < -0.3 is 14.7 Å². The average molecular weight is 380 g/mol. The molecule has 2 aliphatic rings. The third-order valence-electron chi connectivity index (χ3n) is 5.84. The third kappa shape index (κ3) is 4.46. The third-order valence-corrected chi connectivity index (χ3v) is 5.84. The lowest BCUT2D eigenvalue weighted by Crippen LogP contribution is -2.30. The van der Waals surface area contributed by atoms with E-state index in [0.29, 0.717) is 6.61 Å². The van der Waals surface area contributed by atoms with Gasteiger partial charge >= 0.3 is 5.97 Å². The fourth-order valence-corrected chi connectivity index (χ4v) is 4.37. The van der Waals surface area contributed by atoms with Crippen LogP contribution in [0.15, 0.2) is 36.4 Å². The highest BCUT2D eigenvalue weighted by atomic mass is 16.5. The van der Waals surface area contributed by atoms with Crippen LogP contribution >= 0.6 is 0 Å². The molecule has 1 N–H and O–H groups in total. The van der Waals surface area contributed by atoms with Gasteiger partial charge in [0.05, 0.1) is 13.0 Å². The maximum absolute atomic E-state index is 11.0.